The molecule has 0 saturated heterocycles. The van der Waals surface area contributed by atoms with E-state index in [0.29, 0.717) is 18.1 Å². The Kier molecular flexibility index (Phi) is 2.89. The first kappa shape index (κ1) is 10.8. The van der Waals surface area contributed by atoms with Crippen molar-refractivity contribution in [1.29, 1.82) is 0 Å². The minimum atomic E-state index is 0.0463. The predicted molar refractivity (Wildman–Crippen MR) is 65.7 cm³/mol. The quantitative estimate of drug-likeness (QED) is 0.862. The number of benzene rings is 1. The summed E-state index contributed by atoms with van der Waals surface area (Å²) in [6.45, 7) is 2.90. The molecule has 15 heavy (non-hydrogen) atoms. The molecule has 5 heteroatoms. The number of likely N-dealkylation sites (N-methyl/N-ethyl adjacent to an activating group) is 1. The van der Waals surface area contributed by atoms with Crippen molar-refractivity contribution < 1.29 is 4.79 Å². The standard InChI is InChI=1S/C10H10BrClN2O/c1-2-14-8(15)5-13-7-4-3-6(11)9(12)10(7)14/h3-4,13H,2,5H2,1H3. The molecule has 1 aromatic carbocycles. The molecule has 0 atom stereocenters. The molecule has 0 spiro atoms. The normalized spacial score (nSPS) is 14.9. The minimum absolute atomic E-state index is 0.0463. The molecule has 0 unspecified atom stereocenters. The van der Waals surface area contributed by atoms with Crippen molar-refractivity contribution in [1.82, 2.24) is 0 Å². The zero-order chi connectivity index (χ0) is 11.0. The van der Waals surface area contributed by atoms with Crippen LogP contribution in [0, 0.1) is 0 Å². The van der Waals surface area contributed by atoms with Crippen LogP contribution in [0.1, 0.15) is 6.92 Å². The topological polar surface area (TPSA) is 32.3 Å². The van der Waals surface area contributed by atoms with Gasteiger partial charge in [-0.25, -0.2) is 0 Å². The Hall–Kier alpha value is -0.740. The molecule has 1 aliphatic rings. The average molecular weight is 290 g/mol. The Balaban J connectivity index is 2.60. The van der Waals surface area contributed by atoms with Crippen LogP contribution in [0.5, 0.6) is 0 Å². The molecule has 1 heterocycles. The lowest BCUT2D eigenvalue weighted by Gasteiger charge is -2.30. The van der Waals surface area contributed by atoms with E-state index in [4.69, 9.17) is 11.6 Å². The van der Waals surface area contributed by atoms with Gasteiger partial charge in [0.15, 0.2) is 0 Å². The fraction of sp³-hybridized carbons (Fsp3) is 0.300. The number of amides is 1. The first-order valence-corrected chi connectivity index (χ1v) is 5.84. The Morgan fingerprint density at radius 2 is 2.33 bits per heavy atom. The van der Waals surface area contributed by atoms with Gasteiger partial charge in [-0.05, 0) is 35.0 Å². The van der Waals surface area contributed by atoms with Crippen LogP contribution in [-0.4, -0.2) is 19.0 Å². The van der Waals surface area contributed by atoms with Crippen molar-refractivity contribution in [2.75, 3.05) is 23.3 Å². The Morgan fingerprint density at radius 3 is 3.00 bits per heavy atom. The lowest BCUT2D eigenvalue weighted by molar-refractivity contribution is -0.117. The molecule has 80 valence electrons. The van der Waals surface area contributed by atoms with Crippen LogP contribution in [0.2, 0.25) is 5.02 Å². The number of nitrogens with zero attached hydrogens (tertiary/aromatic N) is 1. The molecule has 1 amide bonds. The van der Waals surface area contributed by atoms with Crippen LogP contribution in [0.4, 0.5) is 11.4 Å². The van der Waals surface area contributed by atoms with Crippen LogP contribution in [0.3, 0.4) is 0 Å². The largest absolute Gasteiger partial charge is 0.374 e. The highest BCUT2D eigenvalue weighted by Crippen LogP contribution is 2.40. The molecule has 2 rings (SSSR count). The highest BCUT2D eigenvalue weighted by atomic mass is 79.9. The van der Waals surface area contributed by atoms with Gasteiger partial charge in [0.25, 0.3) is 0 Å². The fourth-order valence-corrected chi connectivity index (χ4v) is 2.26. The van der Waals surface area contributed by atoms with E-state index in [-0.39, 0.29) is 5.91 Å². The van der Waals surface area contributed by atoms with Crippen LogP contribution >= 0.6 is 27.5 Å². The third kappa shape index (κ3) is 1.72. The van der Waals surface area contributed by atoms with Gasteiger partial charge in [0.1, 0.15) is 0 Å². The van der Waals surface area contributed by atoms with Gasteiger partial charge in [-0.3, -0.25) is 4.79 Å². The summed E-state index contributed by atoms with van der Waals surface area (Å²) in [7, 11) is 0. The molecule has 3 nitrogen and oxygen atoms in total. The lowest BCUT2D eigenvalue weighted by atomic mass is 10.2. The van der Waals surface area contributed by atoms with Gasteiger partial charge in [0, 0.05) is 11.0 Å². The number of hydrogen-bond donors (Lipinski definition) is 1. The second-order valence-corrected chi connectivity index (χ2v) is 4.48. The van der Waals surface area contributed by atoms with Crippen LogP contribution < -0.4 is 10.2 Å². The van der Waals surface area contributed by atoms with E-state index in [2.05, 4.69) is 21.2 Å². The van der Waals surface area contributed by atoms with Gasteiger partial charge in [0.2, 0.25) is 5.91 Å². The van der Waals surface area contributed by atoms with Gasteiger partial charge in [-0.2, -0.15) is 0 Å². The molecule has 1 aromatic rings. The summed E-state index contributed by atoms with van der Waals surface area (Å²) in [4.78, 5) is 13.3. The Bertz CT molecular complexity index is 422. The summed E-state index contributed by atoms with van der Waals surface area (Å²) in [6, 6.07) is 3.79. The first-order valence-electron chi connectivity index (χ1n) is 4.67. The molecule has 0 saturated carbocycles. The smallest absolute Gasteiger partial charge is 0.246 e. The van der Waals surface area contributed by atoms with Crippen molar-refractivity contribution in [3.05, 3.63) is 21.6 Å². The summed E-state index contributed by atoms with van der Waals surface area (Å²) >= 11 is 9.52. The van der Waals surface area contributed by atoms with Crippen molar-refractivity contribution in [2.45, 2.75) is 6.92 Å². The monoisotopic (exact) mass is 288 g/mol. The SMILES string of the molecule is CCN1C(=O)CNc2ccc(Br)c(Cl)c21. The fourth-order valence-electron chi connectivity index (χ4n) is 1.67. The summed E-state index contributed by atoms with van der Waals surface area (Å²) in [5, 5.41) is 3.63. The Labute approximate surface area is 102 Å². The zero-order valence-corrected chi connectivity index (χ0v) is 10.5. The van der Waals surface area contributed by atoms with Crippen LogP contribution in [0.15, 0.2) is 16.6 Å². The number of rotatable bonds is 1. The third-order valence-corrected chi connectivity index (χ3v) is 3.66. The summed E-state index contributed by atoms with van der Waals surface area (Å²) in [6.07, 6.45) is 0. The third-order valence-electron chi connectivity index (χ3n) is 2.39. The van der Waals surface area contributed by atoms with E-state index in [0.717, 1.165) is 15.8 Å². The van der Waals surface area contributed by atoms with Gasteiger partial charge >= 0.3 is 0 Å². The van der Waals surface area contributed by atoms with E-state index in [9.17, 15) is 4.79 Å². The maximum absolute atomic E-state index is 11.6. The van der Waals surface area contributed by atoms with Crippen molar-refractivity contribution in [3.63, 3.8) is 0 Å². The molecule has 0 radical (unpaired) electrons. The van der Waals surface area contributed by atoms with Crippen LogP contribution in [0.25, 0.3) is 0 Å². The van der Waals surface area contributed by atoms with E-state index < -0.39 is 0 Å². The highest BCUT2D eigenvalue weighted by molar-refractivity contribution is 9.10. The maximum atomic E-state index is 11.6. The lowest BCUT2D eigenvalue weighted by Crippen LogP contribution is -2.39. The molecule has 0 fully saturated rings. The van der Waals surface area contributed by atoms with E-state index in [1.807, 2.05) is 19.1 Å². The first-order chi connectivity index (χ1) is 7.15. The minimum Gasteiger partial charge on any atom is -0.374 e. The van der Waals surface area contributed by atoms with Gasteiger partial charge in [0.05, 0.1) is 22.9 Å². The summed E-state index contributed by atoms with van der Waals surface area (Å²) < 4.78 is 0.804. The number of anilines is 2. The summed E-state index contributed by atoms with van der Waals surface area (Å²) in [5.74, 6) is 0.0463. The second-order valence-electron chi connectivity index (χ2n) is 3.25. The van der Waals surface area contributed by atoms with Crippen LogP contribution in [-0.2, 0) is 4.79 Å². The molecule has 1 aliphatic heterocycles. The molecule has 0 aromatic heterocycles. The zero-order valence-electron chi connectivity index (χ0n) is 8.18. The molecular formula is C10H10BrClN2O. The second kappa shape index (κ2) is 4.02. The summed E-state index contributed by atoms with van der Waals surface area (Å²) in [5.41, 5.74) is 1.68. The van der Waals surface area contributed by atoms with Gasteiger partial charge < -0.3 is 10.2 Å². The number of carbonyl (C=O) groups excluding carboxylic acids is 1. The van der Waals surface area contributed by atoms with E-state index >= 15 is 0 Å². The predicted octanol–water partition coefficient (Wildman–Crippen LogP) is 2.88. The number of hydrogen-bond acceptors (Lipinski definition) is 2. The number of halogens is 2. The number of fused-ring (bicyclic) bond motifs is 1. The van der Waals surface area contributed by atoms with Gasteiger partial charge in [-0.15, -0.1) is 0 Å². The van der Waals surface area contributed by atoms with E-state index in [1.54, 1.807) is 4.90 Å². The highest BCUT2D eigenvalue weighted by Gasteiger charge is 2.25. The molecule has 1 N–H and O–H groups in total. The Morgan fingerprint density at radius 1 is 1.60 bits per heavy atom. The number of nitrogens with one attached hydrogen (secondary N) is 1. The number of carbonyl (C=O) groups is 1. The van der Waals surface area contributed by atoms with Crippen molar-refractivity contribution >= 4 is 44.8 Å². The molecular weight excluding hydrogens is 279 g/mol. The molecule has 0 bridgehead atoms. The molecule has 0 aliphatic carbocycles. The maximum Gasteiger partial charge on any atom is 0.246 e. The van der Waals surface area contributed by atoms with Gasteiger partial charge in [-0.1, -0.05) is 11.6 Å². The van der Waals surface area contributed by atoms with Crippen molar-refractivity contribution in [3.8, 4) is 0 Å². The van der Waals surface area contributed by atoms with E-state index in [1.165, 1.54) is 0 Å². The average Bonchev–Trinajstić information content (AvgIpc) is 2.24. The van der Waals surface area contributed by atoms with Crippen molar-refractivity contribution in [2.24, 2.45) is 0 Å².